The number of hydrogen-bond acceptors (Lipinski definition) is 3. The fourth-order valence-corrected chi connectivity index (χ4v) is 2.28. The maximum Gasteiger partial charge on any atom is 0.101 e. The first-order chi connectivity index (χ1) is 8.74. The molecule has 0 atom stereocenters. The number of hydrogen-bond donors (Lipinski definition) is 1. The molecule has 94 valence electrons. The maximum atomic E-state index is 4.47. The summed E-state index contributed by atoms with van der Waals surface area (Å²) in [6.45, 7) is 5.17. The highest BCUT2D eigenvalue weighted by Gasteiger charge is 1.99. The Morgan fingerprint density at radius 3 is 2.50 bits per heavy atom. The SMILES string of the molecule is CC(C)NCc1ccc(Sc2ccccc2)nc1. The van der Waals surface area contributed by atoms with E-state index in [0.29, 0.717) is 6.04 Å². The van der Waals surface area contributed by atoms with E-state index in [1.165, 1.54) is 10.5 Å². The normalized spacial score (nSPS) is 10.8. The molecule has 3 heteroatoms. The largest absolute Gasteiger partial charge is 0.310 e. The molecule has 2 nitrogen and oxygen atoms in total. The van der Waals surface area contributed by atoms with Gasteiger partial charge in [-0.3, -0.25) is 0 Å². The summed E-state index contributed by atoms with van der Waals surface area (Å²) >= 11 is 1.69. The van der Waals surface area contributed by atoms with Gasteiger partial charge >= 0.3 is 0 Å². The summed E-state index contributed by atoms with van der Waals surface area (Å²) in [5.74, 6) is 0. The fraction of sp³-hybridized carbons (Fsp3) is 0.267. The van der Waals surface area contributed by atoms with Crippen LogP contribution in [0.25, 0.3) is 0 Å². The van der Waals surface area contributed by atoms with Gasteiger partial charge in [0, 0.05) is 23.7 Å². The lowest BCUT2D eigenvalue weighted by Crippen LogP contribution is -2.21. The molecule has 0 bridgehead atoms. The van der Waals surface area contributed by atoms with Crippen LogP contribution >= 0.6 is 11.8 Å². The van der Waals surface area contributed by atoms with Crippen LogP contribution in [0.2, 0.25) is 0 Å². The van der Waals surface area contributed by atoms with Gasteiger partial charge in [0.05, 0.1) is 0 Å². The van der Waals surface area contributed by atoms with Crippen molar-refractivity contribution < 1.29 is 0 Å². The standard InChI is InChI=1S/C15H18N2S/c1-12(2)16-10-13-8-9-15(17-11-13)18-14-6-4-3-5-7-14/h3-9,11-12,16H,10H2,1-2H3. The molecule has 0 unspecified atom stereocenters. The molecule has 1 aromatic carbocycles. The minimum atomic E-state index is 0.503. The Labute approximate surface area is 113 Å². The first-order valence-corrected chi connectivity index (χ1v) is 6.97. The van der Waals surface area contributed by atoms with Gasteiger partial charge in [-0.05, 0) is 23.8 Å². The number of nitrogens with one attached hydrogen (secondary N) is 1. The topological polar surface area (TPSA) is 24.9 Å². The van der Waals surface area contributed by atoms with Crippen molar-refractivity contribution in [1.82, 2.24) is 10.3 Å². The highest BCUT2D eigenvalue weighted by Crippen LogP contribution is 2.25. The van der Waals surface area contributed by atoms with E-state index in [0.717, 1.165) is 11.6 Å². The molecule has 0 amide bonds. The minimum Gasteiger partial charge on any atom is -0.310 e. The van der Waals surface area contributed by atoms with E-state index in [1.54, 1.807) is 11.8 Å². The van der Waals surface area contributed by atoms with Crippen LogP contribution in [0.3, 0.4) is 0 Å². The average Bonchev–Trinajstić information content (AvgIpc) is 2.39. The number of rotatable bonds is 5. The lowest BCUT2D eigenvalue weighted by molar-refractivity contribution is 0.587. The average molecular weight is 258 g/mol. The molecule has 0 aliphatic heterocycles. The molecule has 18 heavy (non-hydrogen) atoms. The summed E-state index contributed by atoms with van der Waals surface area (Å²) in [6.07, 6.45) is 1.95. The smallest absolute Gasteiger partial charge is 0.101 e. The van der Waals surface area contributed by atoms with Crippen molar-refractivity contribution in [3.8, 4) is 0 Å². The van der Waals surface area contributed by atoms with Crippen molar-refractivity contribution in [2.75, 3.05) is 0 Å². The van der Waals surface area contributed by atoms with Gasteiger partial charge in [0.15, 0.2) is 0 Å². The van der Waals surface area contributed by atoms with E-state index in [4.69, 9.17) is 0 Å². The van der Waals surface area contributed by atoms with Crippen LogP contribution in [-0.2, 0) is 6.54 Å². The zero-order chi connectivity index (χ0) is 12.8. The predicted octanol–water partition coefficient (Wildman–Crippen LogP) is 3.73. The molecule has 0 aliphatic carbocycles. The van der Waals surface area contributed by atoms with Crippen LogP contribution in [0.5, 0.6) is 0 Å². The summed E-state index contributed by atoms with van der Waals surface area (Å²) in [5, 5.41) is 4.42. The summed E-state index contributed by atoms with van der Waals surface area (Å²) in [5.41, 5.74) is 1.22. The number of benzene rings is 1. The molecule has 2 rings (SSSR count). The van der Waals surface area contributed by atoms with Crippen molar-refractivity contribution >= 4 is 11.8 Å². The number of nitrogens with zero attached hydrogens (tertiary/aromatic N) is 1. The van der Waals surface area contributed by atoms with E-state index < -0.39 is 0 Å². The first kappa shape index (κ1) is 13.1. The second kappa shape index (κ2) is 6.57. The Kier molecular flexibility index (Phi) is 4.79. The molecule has 0 spiro atoms. The van der Waals surface area contributed by atoms with Gasteiger partial charge in [-0.15, -0.1) is 0 Å². The van der Waals surface area contributed by atoms with Gasteiger partial charge in [0.1, 0.15) is 5.03 Å². The zero-order valence-electron chi connectivity index (χ0n) is 10.8. The third-order valence-corrected chi connectivity index (χ3v) is 3.44. The van der Waals surface area contributed by atoms with E-state index in [-0.39, 0.29) is 0 Å². The van der Waals surface area contributed by atoms with Crippen LogP contribution in [0.1, 0.15) is 19.4 Å². The second-order valence-corrected chi connectivity index (χ2v) is 5.55. The lowest BCUT2D eigenvalue weighted by atomic mass is 10.2. The first-order valence-electron chi connectivity index (χ1n) is 6.15. The Hall–Kier alpha value is -1.32. The maximum absolute atomic E-state index is 4.47. The van der Waals surface area contributed by atoms with Crippen LogP contribution in [-0.4, -0.2) is 11.0 Å². The molecule has 0 saturated heterocycles. The molecule has 0 fully saturated rings. The van der Waals surface area contributed by atoms with Gasteiger partial charge in [-0.25, -0.2) is 4.98 Å². The summed E-state index contributed by atoms with van der Waals surface area (Å²) in [6, 6.07) is 15.0. The Bertz CT molecular complexity index is 466. The monoisotopic (exact) mass is 258 g/mol. The molecule has 1 heterocycles. The third-order valence-electron chi connectivity index (χ3n) is 2.48. The van der Waals surface area contributed by atoms with Crippen LogP contribution < -0.4 is 5.32 Å². The van der Waals surface area contributed by atoms with Crippen molar-refractivity contribution in [1.29, 1.82) is 0 Å². The van der Waals surface area contributed by atoms with Crippen LogP contribution in [0, 0.1) is 0 Å². The van der Waals surface area contributed by atoms with Crippen LogP contribution in [0.4, 0.5) is 0 Å². The predicted molar refractivity (Wildman–Crippen MR) is 76.8 cm³/mol. The molecule has 0 aliphatic rings. The van der Waals surface area contributed by atoms with Crippen molar-refractivity contribution in [3.05, 3.63) is 54.2 Å². The number of aromatic nitrogens is 1. The highest BCUT2D eigenvalue weighted by molar-refractivity contribution is 7.99. The van der Waals surface area contributed by atoms with Gasteiger partial charge in [-0.2, -0.15) is 0 Å². The molecule has 0 radical (unpaired) electrons. The highest BCUT2D eigenvalue weighted by atomic mass is 32.2. The molecule has 0 saturated carbocycles. The minimum absolute atomic E-state index is 0.503. The molecule has 2 aromatic rings. The van der Waals surface area contributed by atoms with Crippen molar-refractivity contribution in [2.45, 2.75) is 36.4 Å². The molecular weight excluding hydrogens is 240 g/mol. The third kappa shape index (κ3) is 4.17. The van der Waals surface area contributed by atoms with Gasteiger partial charge < -0.3 is 5.32 Å². The van der Waals surface area contributed by atoms with Gasteiger partial charge in [-0.1, -0.05) is 49.9 Å². The fourth-order valence-electron chi connectivity index (χ4n) is 1.51. The Morgan fingerprint density at radius 1 is 1.11 bits per heavy atom. The van der Waals surface area contributed by atoms with Gasteiger partial charge in [0.2, 0.25) is 0 Å². The van der Waals surface area contributed by atoms with E-state index in [9.17, 15) is 0 Å². The lowest BCUT2D eigenvalue weighted by Gasteiger charge is -2.08. The van der Waals surface area contributed by atoms with Gasteiger partial charge in [0.25, 0.3) is 0 Å². The zero-order valence-corrected chi connectivity index (χ0v) is 11.6. The van der Waals surface area contributed by atoms with Crippen LogP contribution in [0.15, 0.2) is 58.6 Å². The summed E-state index contributed by atoms with van der Waals surface area (Å²) in [7, 11) is 0. The van der Waals surface area contributed by atoms with E-state index in [1.807, 2.05) is 24.4 Å². The summed E-state index contributed by atoms with van der Waals surface area (Å²) in [4.78, 5) is 5.70. The molecule has 1 N–H and O–H groups in total. The van der Waals surface area contributed by atoms with Crippen molar-refractivity contribution in [2.24, 2.45) is 0 Å². The summed E-state index contributed by atoms with van der Waals surface area (Å²) < 4.78 is 0. The number of pyridine rings is 1. The Balaban J connectivity index is 1.95. The second-order valence-electron chi connectivity index (χ2n) is 4.46. The molecular formula is C15H18N2S. The Morgan fingerprint density at radius 2 is 1.89 bits per heavy atom. The van der Waals surface area contributed by atoms with E-state index in [2.05, 4.69) is 48.4 Å². The molecule has 1 aromatic heterocycles. The van der Waals surface area contributed by atoms with E-state index >= 15 is 0 Å². The van der Waals surface area contributed by atoms with Crippen molar-refractivity contribution in [3.63, 3.8) is 0 Å². The quantitative estimate of drug-likeness (QED) is 0.884.